The van der Waals surface area contributed by atoms with Crippen LogP contribution in [0.5, 0.6) is 0 Å². The standard InChI is InChI=1S/C9H12BrClN4.C5H12N2.C4HBrCl2N2/c10-7-6-12-9(11)13-8(7)14-15-4-2-1-3-5-15;6-7-4-2-1-3-5-7;5-2-1-8-4(7)9-3(2)6/h6H,1-5H2,(H,12,13,14);1-6H2;1H. The Kier molecular flexibility index (Phi) is 12.8. The van der Waals surface area contributed by atoms with Crippen LogP contribution in [0.1, 0.15) is 38.5 Å². The molecular formula is C18H25Br2Cl3N8. The maximum atomic E-state index is 5.73. The normalized spacial score (nSPS) is 17.1. The van der Waals surface area contributed by atoms with Crippen LogP contribution in [0, 0.1) is 0 Å². The summed E-state index contributed by atoms with van der Waals surface area (Å²) in [6, 6.07) is 0. The number of aromatic nitrogens is 4. The summed E-state index contributed by atoms with van der Waals surface area (Å²) in [4.78, 5) is 15.3. The van der Waals surface area contributed by atoms with Crippen molar-refractivity contribution in [2.75, 3.05) is 31.6 Å². The summed E-state index contributed by atoms with van der Waals surface area (Å²) in [5.74, 6) is 6.20. The first-order chi connectivity index (χ1) is 14.8. The Bertz CT molecular complexity index is 805. The van der Waals surface area contributed by atoms with Crippen molar-refractivity contribution in [3.05, 3.63) is 37.1 Å². The molecule has 31 heavy (non-hydrogen) atoms. The second-order valence-corrected chi connectivity index (χ2v) is 9.61. The van der Waals surface area contributed by atoms with Crippen LogP contribution in [0.15, 0.2) is 21.3 Å². The highest BCUT2D eigenvalue weighted by molar-refractivity contribution is 9.11. The van der Waals surface area contributed by atoms with Gasteiger partial charge in [0.25, 0.3) is 0 Å². The van der Waals surface area contributed by atoms with Gasteiger partial charge in [0.15, 0.2) is 5.82 Å². The number of hydrogen-bond donors (Lipinski definition) is 2. The van der Waals surface area contributed by atoms with Gasteiger partial charge in [-0.1, -0.05) is 24.4 Å². The van der Waals surface area contributed by atoms with Crippen LogP contribution < -0.4 is 11.3 Å². The third-order valence-electron chi connectivity index (χ3n) is 4.40. The average molecular weight is 620 g/mol. The van der Waals surface area contributed by atoms with Crippen molar-refractivity contribution in [2.45, 2.75) is 38.5 Å². The van der Waals surface area contributed by atoms with Crippen LogP contribution in [0.3, 0.4) is 0 Å². The molecule has 2 fully saturated rings. The maximum Gasteiger partial charge on any atom is 0.224 e. The first-order valence-electron chi connectivity index (χ1n) is 9.88. The lowest BCUT2D eigenvalue weighted by atomic mass is 10.2. The number of rotatable bonds is 2. The molecule has 4 rings (SSSR count). The number of piperidine rings is 2. The van der Waals surface area contributed by atoms with E-state index >= 15 is 0 Å². The molecule has 4 heterocycles. The third kappa shape index (κ3) is 10.9. The third-order valence-corrected chi connectivity index (χ3v) is 6.44. The van der Waals surface area contributed by atoms with Crippen LogP contribution in [0.25, 0.3) is 0 Å². The molecule has 0 aliphatic carbocycles. The van der Waals surface area contributed by atoms with Gasteiger partial charge in [-0.3, -0.25) is 5.84 Å². The molecule has 0 radical (unpaired) electrons. The van der Waals surface area contributed by atoms with Crippen molar-refractivity contribution in [3.63, 3.8) is 0 Å². The molecule has 0 bridgehead atoms. The van der Waals surface area contributed by atoms with Crippen LogP contribution in [0.2, 0.25) is 15.7 Å². The second-order valence-electron chi connectivity index (χ2n) is 6.87. The van der Waals surface area contributed by atoms with Crippen LogP contribution in [0.4, 0.5) is 5.82 Å². The zero-order chi connectivity index (χ0) is 22.6. The molecule has 172 valence electrons. The quantitative estimate of drug-likeness (QED) is 0.255. The molecule has 0 saturated carbocycles. The van der Waals surface area contributed by atoms with E-state index in [1.54, 1.807) is 6.20 Å². The Morgan fingerprint density at radius 1 is 0.774 bits per heavy atom. The molecule has 2 aliphatic heterocycles. The highest BCUT2D eigenvalue weighted by Gasteiger charge is 2.12. The average Bonchev–Trinajstić information content (AvgIpc) is 2.76. The Morgan fingerprint density at radius 2 is 1.29 bits per heavy atom. The van der Waals surface area contributed by atoms with Gasteiger partial charge in [-0.2, -0.15) is 4.98 Å². The molecule has 0 aromatic carbocycles. The first-order valence-corrected chi connectivity index (χ1v) is 12.6. The molecule has 3 N–H and O–H groups in total. The van der Waals surface area contributed by atoms with Gasteiger partial charge in [0.1, 0.15) is 5.15 Å². The number of hydrogen-bond acceptors (Lipinski definition) is 8. The maximum absolute atomic E-state index is 5.73. The minimum Gasteiger partial charge on any atom is -0.302 e. The van der Waals surface area contributed by atoms with E-state index in [-0.39, 0.29) is 10.6 Å². The predicted octanol–water partition coefficient (Wildman–Crippen LogP) is 5.60. The fourth-order valence-electron chi connectivity index (χ4n) is 2.82. The van der Waals surface area contributed by atoms with E-state index in [0.717, 1.165) is 36.5 Å². The molecule has 0 spiro atoms. The van der Waals surface area contributed by atoms with Gasteiger partial charge >= 0.3 is 0 Å². The van der Waals surface area contributed by atoms with Crippen molar-refractivity contribution in [3.8, 4) is 0 Å². The Labute approximate surface area is 214 Å². The van der Waals surface area contributed by atoms with Gasteiger partial charge in [0.05, 0.1) is 8.95 Å². The summed E-state index contributed by atoms with van der Waals surface area (Å²) in [5, 5.41) is 4.80. The van der Waals surface area contributed by atoms with Crippen LogP contribution in [-0.2, 0) is 0 Å². The van der Waals surface area contributed by atoms with E-state index < -0.39 is 0 Å². The molecule has 8 nitrogen and oxygen atoms in total. The zero-order valence-electron chi connectivity index (χ0n) is 16.9. The lowest BCUT2D eigenvalue weighted by Crippen LogP contribution is -2.35. The molecule has 13 heteroatoms. The molecule has 2 aliphatic rings. The SMILES string of the molecule is Clc1ncc(Br)c(Cl)n1.Clc1ncc(Br)c(NN2CCCCC2)n1.NN1CCCCC1. The lowest BCUT2D eigenvalue weighted by Gasteiger charge is -2.27. The number of nitrogens with zero attached hydrogens (tertiary/aromatic N) is 6. The summed E-state index contributed by atoms with van der Waals surface area (Å²) in [6.45, 7) is 4.29. The molecule has 2 aromatic heterocycles. The fourth-order valence-corrected chi connectivity index (χ4v) is 3.73. The molecule has 2 saturated heterocycles. The largest absolute Gasteiger partial charge is 0.302 e. The van der Waals surface area contributed by atoms with E-state index in [1.807, 2.05) is 5.01 Å². The van der Waals surface area contributed by atoms with Crippen molar-refractivity contribution < 1.29 is 0 Å². The summed E-state index contributed by atoms with van der Waals surface area (Å²) in [6.07, 6.45) is 10.9. The number of anilines is 1. The molecule has 0 atom stereocenters. The Balaban J connectivity index is 0.000000181. The molecule has 0 unspecified atom stereocenters. The Morgan fingerprint density at radius 3 is 1.77 bits per heavy atom. The van der Waals surface area contributed by atoms with Crippen molar-refractivity contribution in [1.29, 1.82) is 0 Å². The summed E-state index contributed by atoms with van der Waals surface area (Å²) in [5.41, 5.74) is 3.24. The van der Waals surface area contributed by atoms with E-state index in [2.05, 4.69) is 62.2 Å². The molecule has 2 aromatic rings. The first kappa shape index (κ1) is 26.9. The summed E-state index contributed by atoms with van der Waals surface area (Å²) >= 11 is 23.2. The van der Waals surface area contributed by atoms with Crippen molar-refractivity contribution in [2.24, 2.45) is 5.84 Å². The number of nitrogens with one attached hydrogen (secondary N) is 1. The van der Waals surface area contributed by atoms with Gasteiger partial charge in [-0.15, -0.1) is 0 Å². The van der Waals surface area contributed by atoms with E-state index in [0.29, 0.717) is 9.63 Å². The van der Waals surface area contributed by atoms with Crippen molar-refractivity contribution >= 4 is 72.5 Å². The molecule has 0 amide bonds. The fraction of sp³-hybridized carbons (Fsp3) is 0.556. The Hall–Kier alpha value is -0.330. The van der Waals surface area contributed by atoms with E-state index in [4.69, 9.17) is 40.6 Å². The van der Waals surface area contributed by atoms with Gasteiger partial charge in [-0.05, 0) is 80.7 Å². The minimum absolute atomic E-state index is 0.156. The number of nitrogens with two attached hydrogens (primary N) is 1. The van der Waals surface area contributed by atoms with Crippen LogP contribution >= 0.6 is 66.7 Å². The van der Waals surface area contributed by atoms with Gasteiger partial charge in [0, 0.05) is 38.6 Å². The summed E-state index contributed by atoms with van der Waals surface area (Å²) < 4.78 is 1.48. The van der Waals surface area contributed by atoms with Gasteiger partial charge in [0.2, 0.25) is 10.6 Å². The monoisotopic (exact) mass is 616 g/mol. The van der Waals surface area contributed by atoms with Crippen molar-refractivity contribution in [1.82, 2.24) is 30.0 Å². The minimum atomic E-state index is 0.156. The second kappa shape index (κ2) is 14.7. The van der Waals surface area contributed by atoms with Gasteiger partial charge < -0.3 is 5.43 Å². The van der Waals surface area contributed by atoms with E-state index in [1.165, 1.54) is 44.7 Å². The molecular weight excluding hydrogens is 594 g/mol. The number of halogens is 5. The topological polar surface area (TPSA) is 96.1 Å². The smallest absolute Gasteiger partial charge is 0.224 e. The van der Waals surface area contributed by atoms with Gasteiger partial charge in [-0.25, -0.2) is 25.0 Å². The lowest BCUT2D eigenvalue weighted by molar-refractivity contribution is 0.235. The predicted molar refractivity (Wildman–Crippen MR) is 133 cm³/mol. The summed E-state index contributed by atoms with van der Waals surface area (Å²) in [7, 11) is 0. The highest BCUT2D eigenvalue weighted by atomic mass is 79.9. The zero-order valence-corrected chi connectivity index (χ0v) is 22.3. The number of hydrazine groups is 2. The van der Waals surface area contributed by atoms with E-state index in [9.17, 15) is 0 Å². The van der Waals surface area contributed by atoms with Crippen LogP contribution in [-0.4, -0.2) is 56.1 Å². The highest BCUT2D eigenvalue weighted by Crippen LogP contribution is 2.22.